The van der Waals surface area contributed by atoms with Gasteiger partial charge in [0.15, 0.2) is 5.11 Å². The number of hydrogen-bond donors (Lipinski definition) is 2. The minimum absolute atomic E-state index is 0.106. The standard InChI is InChI=1S/C21H20N4O2S/c1-14-10-11-17(27-14)20-19(16-9-5-6-12-22-16)24-21(28)25(20)13-18(26)23-15-7-3-2-4-8-15/h2-12,19-20H,13H2,1H3,(H,23,26)(H,24,28)/t19-,20-/m0/s1. The Morgan fingerprint density at radius 2 is 1.96 bits per heavy atom. The van der Waals surface area contributed by atoms with Crippen molar-refractivity contribution in [2.45, 2.75) is 19.0 Å². The van der Waals surface area contributed by atoms with Crippen molar-refractivity contribution < 1.29 is 9.21 Å². The quantitative estimate of drug-likeness (QED) is 0.647. The second-order valence-corrected chi connectivity index (χ2v) is 7.00. The Bertz CT molecular complexity index is 974. The molecular formula is C21H20N4O2S. The number of carbonyl (C=O) groups excluding carboxylic acids is 1. The molecule has 1 fully saturated rings. The average Bonchev–Trinajstić information content (AvgIpc) is 3.26. The van der Waals surface area contributed by atoms with Gasteiger partial charge >= 0.3 is 0 Å². The van der Waals surface area contributed by atoms with Gasteiger partial charge in [0.2, 0.25) is 5.91 Å². The number of rotatable bonds is 5. The number of nitrogens with zero attached hydrogens (tertiary/aromatic N) is 2. The summed E-state index contributed by atoms with van der Waals surface area (Å²) in [5, 5.41) is 6.71. The summed E-state index contributed by atoms with van der Waals surface area (Å²) in [5.74, 6) is 1.40. The molecule has 0 bridgehead atoms. The fourth-order valence-electron chi connectivity index (χ4n) is 3.37. The summed E-state index contributed by atoms with van der Waals surface area (Å²) in [7, 11) is 0. The largest absolute Gasteiger partial charge is 0.464 e. The summed E-state index contributed by atoms with van der Waals surface area (Å²) in [4.78, 5) is 19.0. The van der Waals surface area contributed by atoms with E-state index in [9.17, 15) is 4.79 Å². The molecule has 7 heteroatoms. The van der Waals surface area contributed by atoms with E-state index < -0.39 is 0 Å². The summed E-state index contributed by atoms with van der Waals surface area (Å²) < 4.78 is 5.90. The van der Waals surface area contributed by atoms with Crippen LogP contribution in [-0.4, -0.2) is 27.4 Å². The van der Waals surface area contributed by atoms with Crippen LogP contribution in [0.2, 0.25) is 0 Å². The number of furan rings is 1. The number of pyridine rings is 1. The number of carbonyl (C=O) groups is 1. The average molecular weight is 392 g/mol. The third-order valence-electron chi connectivity index (χ3n) is 4.62. The van der Waals surface area contributed by atoms with Gasteiger partial charge in [-0.15, -0.1) is 0 Å². The summed E-state index contributed by atoms with van der Waals surface area (Å²) in [6.07, 6.45) is 1.75. The van der Waals surface area contributed by atoms with Crippen LogP contribution in [0.5, 0.6) is 0 Å². The second-order valence-electron chi connectivity index (χ2n) is 6.62. The number of benzene rings is 1. The molecule has 2 aromatic heterocycles. The van der Waals surface area contributed by atoms with Gasteiger partial charge in [0.25, 0.3) is 0 Å². The summed E-state index contributed by atoms with van der Waals surface area (Å²) >= 11 is 5.55. The second kappa shape index (κ2) is 7.82. The highest BCUT2D eigenvalue weighted by atomic mass is 32.1. The van der Waals surface area contributed by atoms with E-state index in [1.54, 1.807) is 6.20 Å². The third kappa shape index (κ3) is 3.75. The van der Waals surface area contributed by atoms with Gasteiger partial charge in [0.05, 0.1) is 11.7 Å². The lowest BCUT2D eigenvalue weighted by Gasteiger charge is -2.25. The van der Waals surface area contributed by atoms with Crippen LogP contribution in [-0.2, 0) is 4.79 Å². The van der Waals surface area contributed by atoms with E-state index in [2.05, 4.69) is 15.6 Å². The van der Waals surface area contributed by atoms with Crippen molar-refractivity contribution in [3.63, 3.8) is 0 Å². The molecule has 0 radical (unpaired) electrons. The molecule has 1 aromatic carbocycles. The number of nitrogens with one attached hydrogen (secondary N) is 2. The first kappa shape index (κ1) is 18.2. The first-order valence-corrected chi connectivity index (χ1v) is 9.42. The Morgan fingerprint density at radius 1 is 1.18 bits per heavy atom. The Labute approximate surface area is 168 Å². The van der Waals surface area contributed by atoms with Crippen LogP contribution in [0.3, 0.4) is 0 Å². The fourth-order valence-corrected chi connectivity index (χ4v) is 3.68. The van der Waals surface area contributed by atoms with E-state index in [0.717, 1.165) is 22.9 Å². The third-order valence-corrected chi connectivity index (χ3v) is 4.97. The monoisotopic (exact) mass is 392 g/mol. The molecule has 0 aliphatic carbocycles. The van der Waals surface area contributed by atoms with E-state index in [4.69, 9.17) is 16.6 Å². The number of hydrogen-bond acceptors (Lipinski definition) is 4. The maximum atomic E-state index is 12.7. The predicted molar refractivity (Wildman–Crippen MR) is 111 cm³/mol. The molecule has 2 N–H and O–H groups in total. The molecular weight excluding hydrogens is 372 g/mol. The van der Waals surface area contributed by atoms with Crippen molar-refractivity contribution in [2.75, 3.05) is 11.9 Å². The van der Waals surface area contributed by atoms with Gasteiger partial charge in [-0.25, -0.2) is 0 Å². The van der Waals surface area contributed by atoms with Gasteiger partial charge < -0.3 is 20.0 Å². The SMILES string of the molecule is Cc1ccc([C@H]2[C@H](c3ccccn3)NC(=S)N2CC(=O)Nc2ccccc2)o1. The Morgan fingerprint density at radius 3 is 2.64 bits per heavy atom. The predicted octanol–water partition coefficient (Wildman–Crippen LogP) is 3.59. The molecule has 1 saturated heterocycles. The van der Waals surface area contributed by atoms with Crippen LogP contribution in [0.4, 0.5) is 5.69 Å². The van der Waals surface area contributed by atoms with Crippen LogP contribution in [0.15, 0.2) is 71.3 Å². The molecule has 0 unspecified atom stereocenters. The van der Waals surface area contributed by atoms with Gasteiger partial charge in [-0.1, -0.05) is 24.3 Å². The molecule has 142 valence electrons. The van der Waals surface area contributed by atoms with Gasteiger partial charge in [-0.3, -0.25) is 9.78 Å². The number of aryl methyl sites for hydroxylation is 1. The smallest absolute Gasteiger partial charge is 0.244 e. The molecule has 1 amide bonds. The number of thiocarbonyl (C=S) groups is 1. The zero-order valence-corrected chi connectivity index (χ0v) is 16.1. The molecule has 3 heterocycles. The Balaban J connectivity index is 1.61. The van der Waals surface area contributed by atoms with Crippen LogP contribution < -0.4 is 10.6 Å². The number of anilines is 1. The normalized spacial score (nSPS) is 18.8. The van der Waals surface area contributed by atoms with E-state index in [-0.39, 0.29) is 24.5 Å². The van der Waals surface area contributed by atoms with Gasteiger partial charge in [-0.05, 0) is 55.5 Å². The van der Waals surface area contributed by atoms with Gasteiger partial charge in [0, 0.05) is 11.9 Å². The van der Waals surface area contributed by atoms with Crippen molar-refractivity contribution in [3.8, 4) is 0 Å². The number of para-hydroxylation sites is 1. The highest BCUT2D eigenvalue weighted by Crippen LogP contribution is 2.38. The highest BCUT2D eigenvalue weighted by Gasteiger charge is 2.42. The van der Waals surface area contributed by atoms with Gasteiger partial charge in [0.1, 0.15) is 24.1 Å². The number of amides is 1. The summed E-state index contributed by atoms with van der Waals surface area (Å²) in [5.41, 5.74) is 1.59. The fraction of sp³-hybridized carbons (Fsp3) is 0.190. The van der Waals surface area contributed by atoms with Crippen LogP contribution >= 0.6 is 12.2 Å². The Hall–Kier alpha value is -3.19. The maximum Gasteiger partial charge on any atom is 0.244 e. The first-order chi connectivity index (χ1) is 13.6. The van der Waals surface area contributed by atoms with Crippen LogP contribution in [0.1, 0.15) is 29.3 Å². The van der Waals surface area contributed by atoms with Crippen molar-refractivity contribution in [3.05, 3.63) is 84.1 Å². The lowest BCUT2D eigenvalue weighted by atomic mass is 10.0. The van der Waals surface area contributed by atoms with E-state index in [0.29, 0.717) is 5.11 Å². The highest BCUT2D eigenvalue weighted by molar-refractivity contribution is 7.80. The molecule has 4 rings (SSSR count). The molecule has 2 atom stereocenters. The zero-order valence-electron chi connectivity index (χ0n) is 15.3. The molecule has 1 aliphatic rings. The van der Waals surface area contributed by atoms with Crippen molar-refractivity contribution in [2.24, 2.45) is 0 Å². The first-order valence-electron chi connectivity index (χ1n) is 9.01. The summed E-state index contributed by atoms with van der Waals surface area (Å²) in [6.45, 7) is 2.00. The lowest BCUT2D eigenvalue weighted by Crippen LogP contribution is -2.36. The molecule has 28 heavy (non-hydrogen) atoms. The van der Waals surface area contributed by atoms with Crippen molar-refractivity contribution in [1.82, 2.24) is 15.2 Å². The molecule has 3 aromatic rings. The molecule has 1 aliphatic heterocycles. The molecule has 0 spiro atoms. The maximum absolute atomic E-state index is 12.7. The summed E-state index contributed by atoms with van der Waals surface area (Å²) in [6, 6.07) is 18.5. The minimum Gasteiger partial charge on any atom is -0.464 e. The van der Waals surface area contributed by atoms with Gasteiger partial charge in [-0.2, -0.15) is 0 Å². The van der Waals surface area contributed by atoms with E-state index in [1.807, 2.05) is 72.5 Å². The van der Waals surface area contributed by atoms with Crippen molar-refractivity contribution in [1.29, 1.82) is 0 Å². The number of aromatic nitrogens is 1. The van der Waals surface area contributed by atoms with Crippen LogP contribution in [0, 0.1) is 6.92 Å². The topological polar surface area (TPSA) is 70.4 Å². The minimum atomic E-state index is -0.266. The Kier molecular flexibility index (Phi) is 5.08. The van der Waals surface area contributed by atoms with E-state index >= 15 is 0 Å². The van der Waals surface area contributed by atoms with E-state index in [1.165, 1.54) is 0 Å². The molecule has 0 saturated carbocycles. The van der Waals surface area contributed by atoms with Crippen molar-refractivity contribution >= 4 is 28.9 Å². The zero-order chi connectivity index (χ0) is 19.5. The lowest BCUT2D eigenvalue weighted by molar-refractivity contribution is -0.116. The van der Waals surface area contributed by atoms with Crippen LogP contribution in [0.25, 0.3) is 0 Å². The molecule has 6 nitrogen and oxygen atoms in total.